The predicted octanol–water partition coefficient (Wildman–Crippen LogP) is 7.69. The minimum Gasteiger partial charge on any atom is -0.379 e. The number of hydrogen-bond donors (Lipinski definition) is 0. The minimum atomic E-state index is -1.80. The average Bonchev–Trinajstić information content (AvgIpc) is 2.86. The number of rotatable bonds is 12. The van der Waals surface area contributed by atoms with Gasteiger partial charge in [0.25, 0.3) is 0 Å². The van der Waals surface area contributed by atoms with Crippen molar-refractivity contribution in [1.82, 2.24) is 0 Å². The molecule has 0 aromatic heterocycles. The molecule has 0 aliphatic heterocycles. The second-order valence-electron chi connectivity index (χ2n) is 10.0. The standard InChI is InChI=1S/C32H42OP/c1-27(18-16-26-32(3,4)33-5)17-15-19-28(2)34(29-20-9-6-10-21-29,30-22-11-7-12-23-30)31-24-13-8-14-25-31/h6-14,17,20-25,28H,15-16,18-19,26H2,1-5H3/q+1/b27-17+. The molecule has 0 amide bonds. The Morgan fingerprint density at radius 2 is 1.26 bits per heavy atom. The van der Waals surface area contributed by atoms with E-state index in [-0.39, 0.29) is 5.60 Å². The smallest absolute Gasteiger partial charge is 0.114 e. The molecule has 0 spiro atoms. The van der Waals surface area contributed by atoms with Crippen LogP contribution in [-0.4, -0.2) is 18.4 Å². The summed E-state index contributed by atoms with van der Waals surface area (Å²) in [6.45, 7) is 9.12. The molecule has 0 saturated heterocycles. The van der Waals surface area contributed by atoms with Crippen molar-refractivity contribution < 1.29 is 4.74 Å². The van der Waals surface area contributed by atoms with Crippen LogP contribution in [0.1, 0.15) is 59.8 Å². The van der Waals surface area contributed by atoms with Gasteiger partial charge in [-0.25, -0.2) is 0 Å². The Morgan fingerprint density at radius 1 is 0.824 bits per heavy atom. The SMILES string of the molecule is COC(C)(C)CCC/C(C)=C/CCC(C)[P+](c1ccccc1)(c1ccccc1)c1ccccc1. The highest BCUT2D eigenvalue weighted by Crippen LogP contribution is 2.60. The number of hydrogen-bond acceptors (Lipinski definition) is 1. The Bertz CT molecular complexity index is 912. The first kappa shape index (κ1) is 26.4. The second kappa shape index (κ2) is 12.5. The molecule has 34 heavy (non-hydrogen) atoms. The molecule has 0 aliphatic carbocycles. The van der Waals surface area contributed by atoms with E-state index >= 15 is 0 Å². The topological polar surface area (TPSA) is 9.23 Å². The maximum Gasteiger partial charge on any atom is 0.114 e. The summed E-state index contributed by atoms with van der Waals surface area (Å²) in [5.74, 6) is 0. The molecule has 0 aliphatic rings. The highest BCUT2D eigenvalue weighted by Gasteiger charge is 2.49. The molecule has 1 nitrogen and oxygen atoms in total. The zero-order valence-corrected chi connectivity index (χ0v) is 22.6. The fraction of sp³-hybridized carbons (Fsp3) is 0.375. The van der Waals surface area contributed by atoms with E-state index in [1.165, 1.54) is 34.3 Å². The lowest BCUT2D eigenvalue weighted by atomic mass is 9.98. The molecular formula is C32H42OP+. The monoisotopic (exact) mass is 473 g/mol. The molecule has 3 aromatic carbocycles. The Kier molecular flexibility index (Phi) is 9.69. The normalized spacial score (nSPS) is 13.6. The third-order valence-corrected chi connectivity index (χ3v) is 12.0. The summed E-state index contributed by atoms with van der Waals surface area (Å²) in [5.41, 5.74) is 2.01. The van der Waals surface area contributed by atoms with Crippen molar-refractivity contribution in [2.75, 3.05) is 7.11 Å². The van der Waals surface area contributed by atoms with E-state index in [4.69, 9.17) is 4.74 Å². The van der Waals surface area contributed by atoms with E-state index in [0.717, 1.165) is 19.3 Å². The number of allylic oxidation sites excluding steroid dienone is 2. The summed E-state index contributed by atoms with van der Waals surface area (Å²) < 4.78 is 5.58. The number of benzene rings is 3. The molecule has 2 heteroatoms. The predicted molar refractivity (Wildman–Crippen MR) is 153 cm³/mol. The van der Waals surface area contributed by atoms with Gasteiger partial charge >= 0.3 is 0 Å². The van der Waals surface area contributed by atoms with Gasteiger partial charge in [0, 0.05) is 7.11 Å². The maximum atomic E-state index is 5.58. The lowest BCUT2D eigenvalue weighted by Crippen LogP contribution is -2.37. The van der Waals surface area contributed by atoms with Gasteiger partial charge in [-0.2, -0.15) is 0 Å². The quantitative estimate of drug-likeness (QED) is 0.193. The first-order chi connectivity index (χ1) is 16.4. The van der Waals surface area contributed by atoms with Crippen LogP contribution in [0.5, 0.6) is 0 Å². The largest absolute Gasteiger partial charge is 0.379 e. The van der Waals surface area contributed by atoms with E-state index in [1.54, 1.807) is 0 Å². The summed E-state index contributed by atoms with van der Waals surface area (Å²) in [6, 6.07) is 33.7. The van der Waals surface area contributed by atoms with Crippen LogP contribution >= 0.6 is 7.26 Å². The number of methoxy groups -OCH3 is 1. The first-order valence-electron chi connectivity index (χ1n) is 12.7. The van der Waals surface area contributed by atoms with E-state index in [0.29, 0.717) is 5.66 Å². The zero-order chi connectivity index (χ0) is 24.4. The van der Waals surface area contributed by atoms with E-state index in [2.05, 4.69) is 125 Å². The van der Waals surface area contributed by atoms with Crippen LogP contribution in [0.3, 0.4) is 0 Å². The van der Waals surface area contributed by atoms with Crippen LogP contribution in [0.2, 0.25) is 0 Å². The molecular weight excluding hydrogens is 431 g/mol. The third kappa shape index (κ3) is 6.47. The van der Waals surface area contributed by atoms with Crippen LogP contribution in [0, 0.1) is 0 Å². The van der Waals surface area contributed by atoms with Crippen molar-refractivity contribution in [3.05, 3.63) is 103 Å². The Balaban J connectivity index is 1.87. The van der Waals surface area contributed by atoms with Crippen molar-refractivity contribution in [2.45, 2.75) is 71.1 Å². The lowest BCUT2D eigenvalue weighted by Gasteiger charge is -2.33. The molecule has 3 aromatic rings. The van der Waals surface area contributed by atoms with Gasteiger partial charge in [-0.05, 0) is 96.2 Å². The average molecular weight is 474 g/mol. The van der Waals surface area contributed by atoms with Crippen LogP contribution in [-0.2, 0) is 4.74 Å². The molecule has 3 rings (SSSR count). The third-order valence-electron chi connectivity index (χ3n) is 7.13. The van der Waals surface area contributed by atoms with Crippen LogP contribution in [0.4, 0.5) is 0 Å². The highest BCUT2D eigenvalue weighted by atomic mass is 31.2. The molecule has 1 atom stereocenters. The summed E-state index contributed by atoms with van der Waals surface area (Å²) in [6.07, 6.45) is 8.19. The van der Waals surface area contributed by atoms with Crippen molar-refractivity contribution in [2.24, 2.45) is 0 Å². The first-order valence-corrected chi connectivity index (χ1v) is 14.5. The van der Waals surface area contributed by atoms with Gasteiger partial charge in [-0.1, -0.05) is 66.2 Å². The Morgan fingerprint density at radius 3 is 1.68 bits per heavy atom. The molecule has 0 N–H and O–H groups in total. The summed E-state index contributed by atoms with van der Waals surface area (Å²) in [7, 11) is 0.0137. The summed E-state index contributed by atoms with van der Waals surface area (Å²) in [5, 5.41) is 4.42. The van der Waals surface area contributed by atoms with Gasteiger partial charge in [0.2, 0.25) is 0 Å². The van der Waals surface area contributed by atoms with E-state index < -0.39 is 7.26 Å². The molecule has 0 heterocycles. The number of ether oxygens (including phenoxy) is 1. The van der Waals surface area contributed by atoms with Crippen molar-refractivity contribution >= 4 is 23.2 Å². The zero-order valence-electron chi connectivity index (χ0n) is 21.7. The molecule has 0 radical (unpaired) electrons. The van der Waals surface area contributed by atoms with Crippen molar-refractivity contribution in [3.8, 4) is 0 Å². The molecule has 1 unspecified atom stereocenters. The van der Waals surface area contributed by atoms with Crippen molar-refractivity contribution in [1.29, 1.82) is 0 Å². The fourth-order valence-corrected chi connectivity index (χ4v) is 9.85. The molecule has 180 valence electrons. The van der Waals surface area contributed by atoms with Crippen LogP contribution < -0.4 is 15.9 Å². The summed E-state index contributed by atoms with van der Waals surface area (Å²) >= 11 is 0. The van der Waals surface area contributed by atoms with Gasteiger partial charge in [0.05, 0.1) is 11.3 Å². The molecule has 0 saturated carbocycles. The van der Waals surface area contributed by atoms with Gasteiger partial charge in [-0.15, -0.1) is 0 Å². The van der Waals surface area contributed by atoms with Gasteiger partial charge in [0.15, 0.2) is 0 Å². The van der Waals surface area contributed by atoms with Crippen molar-refractivity contribution in [3.63, 3.8) is 0 Å². The lowest BCUT2D eigenvalue weighted by molar-refractivity contribution is 0.0140. The maximum absolute atomic E-state index is 5.58. The minimum absolute atomic E-state index is 0.0278. The Labute approximate surface area is 208 Å². The molecule has 0 fully saturated rings. The second-order valence-corrected chi connectivity index (χ2v) is 13.9. The van der Waals surface area contributed by atoms with Gasteiger partial charge in [-0.3, -0.25) is 0 Å². The van der Waals surface area contributed by atoms with Gasteiger partial charge in [0.1, 0.15) is 23.2 Å². The van der Waals surface area contributed by atoms with Crippen LogP contribution in [0.15, 0.2) is 103 Å². The van der Waals surface area contributed by atoms with Crippen LogP contribution in [0.25, 0.3) is 0 Å². The van der Waals surface area contributed by atoms with E-state index in [9.17, 15) is 0 Å². The highest BCUT2D eigenvalue weighted by molar-refractivity contribution is 7.96. The Hall–Kier alpha value is -2.21. The molecule has 0 bridgehead atoms. The fourth-order valence-electron chi connectivity index (χ4n) is 4.96. The van der Waals surface area contributed by atoms with E-state index in [1.807, 2.05) is 7.11 Å². The van der Waals surface area contributed by atoms with Gasteiger partial charge < -0.3 is 4.74 Å². The summed E-state index contributed by atoms with van der Waals surface area (Å²) in [4.78, 5) is 0.